The predicted molar refractivity (Wildman–Crippen MR) is 231 cm³/mol. The lowest BCUT2D eigenvalue weighted by Crippen LogP contribution is -2.60. The second-order valence-electron chi connectivity index (χ2n) is 16.9. The average molecular weight is 883 g/mol. The van der Waals surface area contributed by atoms with Crippen molar-refractivity contribution < 1.29 is 43.0 Å². The van der Waals surface area contributed by atoms with Crippen molar-refractivity contribution in [3.8, 4) is 5.69 Å². The minimum atomic E-state index is -1.21. The van der Waals surface area contributed by atoms with Crippen LogP contribution in [0.5, 0.6) is 0 Å². The van der Waals surface area contributed by atoms with E-state index >= 15 is 0 Å². The number of fused-ring (bicyclic) bond motifs is 1. The van der Waals surface area contributed by atoms with Crippen LogP contribution in [0.2, 0.25) is 5.02 Å². The van der Waals surface area contributed by atoms with Crippen molar-refractivity contribution in [2.45, 2.75) is 65.2 Å². The largest absolute Gasteiger partial charge is 0.455 e. The molecule has 2 saturated heterocycles. The minimum Gasteiger partial charge on any atom is -0.455 e. The molecule has 0 saturated carbocycles. The molecule has 330 valence electrons. The number of halogens is 1. The maximum atomic E-state index is 14.5. The fraction of sp³-hybridized carbons (Fsp3) is 0.372. The number of nitrogens with one attached hydrogen (secondary N) is 2. The first kappa shape index (κ1) is 44.2. The average Bonchev–Trinajstić information content (AvgIpc) is 3.90. The third kappa shape index (κ3) is 10.3. The highest BCUT2D eigenvalue weighted by Crippen LogP contribution is 2.31. The highest BCUT2D eigenvalue weighted by Gasteiger charge is 2.41. The van der Waals surface area contributed by atoms with Gasteiger partial charge in [-0.3, -0.25) is 14.4 Å². The molecule has 5 aromatic rings. The van der Waals surface area contributed by atoms with E-state index in [4.69, 9.17) is 25.8 Å². The number of esters is 1. The fourth-order valence-corrected chi connectivity index (χ4v) is 7.29. The summed E-state index contributed by atoms with van der Waals surface area (Å²) in [5, 5.41) is 17.8. The lowest BCUT2D eigenvalue weighted by Gasteiger charge is -2.38. The van der Waals surface area contributed by atoms with Crippen LogP contribution < -0.4 is 15.5 Å². The van der Waals surface area contributed by atoms with Crippen LogP contribution in [0.3, 0.4) is 0 Å². The van der Waals surface area contributed by atoms with E-state index in [0.29, 0.717) is 64.9 Å². The summed E-state index contributed by atoms with van der Waals surface area (Å²) in [4.78, 5) is 86.6. The highest BCUT2D eigenvalue weighted by atomic mass is 35.5. The molecular weight excluding hydrogens is 836 g/mol. The molecule has 2 aliphatic heterocycles. The van der Waals surface area contributed by atoms with Crippen molar-refractivity contribution >= 4 is 75.4 Å². The highest BCUT2D eigenvalue weighted by molar-refractivity contribution is 6.41. The van der Waals surface area contributed by atoms with Gasteiger partial charge in [0.1, 0.15) is 29.3 Å². The number of hydrogen-bond acceptors (Lipinski definition) is 12. The van der Waals surface area contributed by atoms with Gasteiger partial charge in [-0.15, -0.1) is 5.10 Å². The molecular formula is C43H47ClN10O9. The van der Waals surface area contributed by atoms with Gasteiger partial charge in [-0.05, 0) is 112 Å². The van der Waals surface area contributed by atoms with Crippen LogP contribution in [-0.4, -0.2) is 127 Å². The number of ether oxygens (including phenoxy) is 3. The number of tetrazole rings is 1. The van der Waals surface area contributed by atoms with E-state index in [0.717, 1.165) is 4.57 Å². The normalized spacial score (nSPS) is 15.3. The van der Waals surface area contributed by atoms with Crippen molar-refractivity contribution in [3.63, 3.8) is 0 Å². The van der Waals surface area contributed by atoms with Crippen LogP contribution >= 0.6 is 11.6 Å². The van der Waals surface area contributed by atoms with Gasteiger partial charge in [-0.1, -0.05) is 23.7 Å². The molecule has 7 rings (SSSR count). The molecule has 0 bridgehead atoms. The van der Waals surface area contributed by atoms with Gasteiger partial charge in [-0.2, -0.15) is 4.68 Å². The summed E-state index contributed by atoms with van der Waals surface area (Å²) in [6, 6.07) is 16.3. The van der Waals surface area contributed by atoms with Crippen molar-refractivity contribution in [3.05, 3.63) is 89.3 Å². The third-order valence-electron chi connectivity index (χ3n) is 9.94. The minimum absolute atomic E-state index is 0.00604. The molecule has 2 fully saturated rings. The summed E-state index contributed by atoms with van der Waals surface area (Å²) in [6.07, 6.45) is 0.527. The Morgan fingerprint density at radius 3 is 2.16 bits per heavy atom. The monoisotopic (exact) mass is 882 g/mol. The molecule has 5 amide bonds. The number of nitrogens with zero attached hydrogens (tertiary/aromatic N) is 8. The van der Waals surface area contributed by atoms with E-state index < -0.39 is 47.0 Å². The van der Waals surface area contributed by atoms with Crippen LogP contribution in [0.4, 0.5) is 26.7 Å². The molecule has 20 heteroatoms. The Balaban J connectivity index is 1.18. The predicted octanol–water partition coefficient (Wildman–Crippen LogP) is 5.30. The topological polar surface area (TPSA) is 212 Å². The molecule has 0 unspecified atom stereocenters. The van der Waals surface area contributed by atoms with Crippen LogP contribution in [0.1, 0.15) is 57.6 Å². The lowest BCUT2D eigenvalue weighted by atomic mass is 10.0. The summed E-state index contributed by atoms with van der Waals surface area (Å²) < 4.78 is 19.1. The van der Waals surface area contributed by atoms with E-state index in [9.17, 15) is 28.8 Å². The summed E-state index contributed by atoms with van der Waals surface area (Å²) in [7, 11) is 0. The number of amides is 5. The summed E-state index contributed by atoms with van der Waals surface area (Å²) >= 11 is 6.35. The Hall–Kier alpha value is -6.86. The Bertz CT molecular complexity index is 2560. The quantitative estimate of drug-likeness (QED) is 0.143. The summed E-state index contributed by atoms with van der Waals surface area (Å²) in [5.74, 6) is -3.22. The van der Waals surface area contributed by atoms with Gasteiger partial charge in [0.15, 0.2) is 0 Å². The molecule has 1 atom stereocenters. The Kier molecular flexibility index (Phi) is 12.5. The van der Waals surface area contributed by atoms with E-state index in [2.05, 4.69) is 26.2 Å². The third-order valence-corrected chi connectivity index (χ3v) is 10.2. The van der Waals surface area contributed by atoms with Gasteiger partial charge in [-0.25, -0.2) is 19.0 Å². The Morgan fingerprint density at radius 1 is 0.794 bits per heavy atom. The zero-order valence-corrected chi connectivity index (χ0v) is 36.3. The molecule has 0 aliphatic carbocycles. The maximum Gasteiger partial charge on any atom is 0.419 e. The number of rotatable bonds is 9. The number of morpholine rings is 1. The molecule has 0 spiro atoms. The first-order chi connectivity index (χ1) is 29.8. The van der Waals surface area contributed by atoms with Gasteiger partial charge in [0.25, 0.3) is 0 Å². The molecule has 3 aromatic carbocycles. The van der Waals surface area contributed by atoms with Crippen LogP contribution in [0, 0.1) is 0 Å². The number of carbonyl (C=O) groups excluding carboxylic acids is 6. The zero-order valence-electron chi connectivity index (χ0n) is 35.6. The van der Waals surface area contributed by atoms with Crippen molar-refractivity contribution in [1.29, 1.82) is 0 Å². The molecule has 2 aliphatic rings. The SMILES string of the molecule is CC(C)(C)OC(=O)c1cc2cc(NC(=O)[C@H](Cc3ccc(NC(=O)N4CCOCC4)cc3)N3CCN(c4cc(Cl)ccc4-n4cnnn4)C(=O)C3=O)ccc2n1C(=O)OC(C)(C)C. The standard InChI is InChI=1S/C43H47ClN10O9/c1-42(2,3)62-39(58)35-23-27-22-30(12-14-31(27)54(35)41(60)63-43(4,5)6)46-36(55)34(21-26-7-10-29(11-8-26)47-40(59)50-17-19-61-20-18-50)52-16-15-51(37(56)38(52)57)33-24-28(44)9-13-32(33)53-25-45-48-49-53/h7-14,22-25,34H,15-21H2,1-6H3,(H,46,55)(H,47,59)/t34-/m0/s1. The van der Waals surface area contributed by atoms with Crippen molar-refractivity contribution in [2.75, 3.05) is 54.9 Å². The Labute approximate surface area is 367 Å². The number of urea groups is 1. The lowest BCUT2D eigenvalue weighted by molar-refractivity contribution is -0.149. The number of piperazine rings is 1. The zero-order chi connectivity index (χ0) is 45.2. The molecule has 63 heavy (non-hydrogen) atoms. The van der Waals surface area contributed by atoms with E-state index in [-0.39, 0.29) is 36.9 Å². The van der Waals surface area contributed by atoms with Gasteiger partial charge < -0.3 is 39.5 Å². The van der Waals surface area contributed by atoms with E-state index in [1.54, 1.807) is 101 Å². The van der Waals surface area contributed by atoms with Crippen LogP contribution in [0.25, 0.3) is 16.6 Å². The number of carbonyl (C=O) groups is 6. The second-order valence-corrected chi connectivity index (χ2v) is 17.3. The number of anilines is 3. The van der Waals surface area contributed by atoms with Crippen molar-refractivity contribution in [2.24, 2.45) is 0 Å². The van der Waals surface area contributed by atoms with E-state index in [1.165, 1.54) is 32.9 Å². The first-order valence-corrected chi connectivity index (χ1v) is 20.5. The molecule has 0 radical (unpaired) electrons. The van der Waals surface area contributed by atoms with Gasteiger partial charge >= 0.3 is 29.9 Å². The molecule has 2 N–H and O–H groups in total. The first-order valence-electron chi connectivity index (χ1n) is 20.2. The molecule has 4 heterocycles. The van der Waals surface area contributed by atoms with Crippen LogP contribution in [-0.2, 0) is 35.0 Å². The summed E-state index contributed by atoms with van der Waals surface area (Å²) in [6.45, 7) is 12.0. The molecule has 2 aromatic heterocycles. The van der Waals surface area contributed by atoms with Gasteiger partial charge in [0.2, 0.25) is 5.91 Å². The Morgan fingerprint density at radius 2 is 1.49 bits per heavy atom. The second kappa shape index (κ2) is 17.9. The maximum absolute atomic E-state index is 14.5. The van der Waals surface area contributed by atoms with E-state index in [1.807, 2.05) is 0 Å². The van der Waals surface area contributed by atoms with Gasteiger partial charge in [0.05, 0.1) is 30.1 Å². The van der Waals surface area contributed by atoms with Crippen molar-refractivity contribution in [1.82, 2.24) is 34.6 Å². The summed E-state index contributed by atoms with van der Waals surface area (Å²) in [5.41, 5.74) is 0.614. The fourth-order valence-electron chi connectivity index (χ4n) is 7.12. The number of aromatic nitrogens is 5. The van der Waals surface area contributed by atoms with Gasteiger partial charge in [0, 0.05) is 54.4 Å². The smallest absolute Gasteiger partial charge is 0.419 e. The molecule has 19 nitrogen and oxygen atoms in total. The van der Waals surface area contributed by atoms with Crippen LogP contribution in [0.15, 0.2) is 73.1 Å². The number of benzene rings is 3. The number of hydrogen-bond donors (Lipinski definition) is 2.